The second kappa shape index (κ2) is 41.9. The number of halogens is 1. The summed E-state index contributed by atoms with van der Waals surface area (Å²) in [6.45, 7) is 8.86. The predicted molar refractivity (Wildman–Crippen MR) is 427 cm³/mol. The third-order valence-corrected chi connectivity index (χ3v) is 21.0. The molecule has 6 aromatic carbocycles. The fourth-order valence-corrected chi connectivity index (χ4v) is 15.2. The zero-order valence-electron chi connectivity index (χ0n) is 62.2. The lowest BCUT2D eigenvalue weighted by atomic mass is 9.97. The Morgan fingerprint density at radius 3 is 0.990 bits per heavy atom. The van der Waals surface area contributed by atoms with E-state index in [4.69, 9.17) is 45.6 Å². The lowest BCUT2D eigenvalue weighted by Crippen LogP contribution is -2.13. The zero-order valence-corrected chi connectivity index (χ0v) is 62.9. The number of unbranched alkanes of at least 4 members (excludes halogenated alkanes) is 36. The van der Waals surface area contributed by atoms with Crippen LogP contribution in [0.4, 0.5) is 0 Å². The SMILES string of the molecule is CCCCCCCCCCCCCCCc1cccc(Oc2ccc3c(c2)-c2nc-3nc3c4cc(Oc5cccc(CCCCCCCCCCCCCCC)c5)ccc4c(nc4c5cc(Oc6cccc(CCCCCCCCCCCCCCC)c6)ccc5c(n2)n4C)n3B(C)Cl)c1. The molecular weight excluding hydrogens is 1250 g/mol. The van der Waals surface area contributed by atoms with Gasteiger partial charge in [-0.15, -0.1) is 0 Å². The molecule has 9 nitrogen and oxygen atoms in total. The highest BCUT2D eigenvalue weighted by atomic mass is 35.5. The topological polar surface area (TPSA) is 89.1 Å². The first-order chi connectivity index (χ1) is 49.3. The summed E-state index contributed by atoms with van der Waals surface area (Å²) in [5.74, 6) is 5.62. The molecule has 4 heterocycles. The van der Waals surface area contributed by atoms with Gasteiger partial charge in [0.05, 0.1) is 0 Å². The average Bonchev–Trinajstić information content (AvgIpc) is 1.58. The maximum Gasteiger partial charge on any atom is 0.364 e. The van der Waals surface area contributed by atoms with Gasteiger partial charge < -0.3 is 23.3 Å². The number of rotatable bonds is 49. The summed E-state index contributed by atoms with van der Waals surface area (Å²) in [6.07, 6.45) is 55.2. The van der Waals surface area contributed by atoms with Gasteiger partial charge in [-0.2, -0.15) is 11.5 Å². The quantitative estimate of drug-likeness (QED) is 0.0277. The smallest absolute Gasteiger partial charge is 0.364 e. The van der Waals surface area contributed by atoms with Crippen LogP contribution < -0.4 is 14.2 Å². The molecule has 0 spiro atoms. The van der Waals surface area contributed by atoms with Crippen LogP contribution in [-0.2, 0) is 26.3 Å². The summed E-state index contributed by atoms with van der Waals surface area (Å²) >= 11 is 7.42. The minimum absolute atomic E-state index is 0.531. The molecule has 0 fully saturated rings. The van der Waals surface area contributed by atoms with Crippen LogP contribution in [0.25, 0.3) is 66.9 Å². The van der Waals surface area contributed by atoms with Crippen LogP contribution in [0.3, 0.4) is 0 Å². The van der Waals surface area contributed by atoms with E-state index in [2.05, 4.69) is 135 Å². The minimum Gasteiger partial charge on any atom is -0.457 e. The third-order valence-electron chi connectivity index (χ3n) is 20.8. The molecule has 3 aromatic heterocycles. The number of aromatic nitrogens is 6. The Bertz CT molecular complexity index is 4000. The highest BCUT2D eigenvalue weighted by Gasteiger charge is 2.26. The van der Waals surface area contributed by atoms with E-state index in [1.165, 1.54) is 267 Å². The van der Waals surface area contributed by atoms with E-state index < -0.39 is 6.26 Å². The van der Waals surface area contributed by atoms with Crippen LogP contribution in [-0.4, -0.2) is 35.2 Å². The Kier molecular flexibility index (Phi) is 31.7. The van der Waals surface area contributed by atoms with Crippen LogP contribution in [0, 0.1) is 0 Å². The summed E-state index contributed by atoms with van der Waals surface area (Å²) < 4.78 is 24.5. The molecule has 100 heavy (non-hydrogen) atoms. The molecule has 11 heteroatoms. The number of hydrogen-bond acceptors (Lipinski definition) is 7. The standard InChI is InChI=1S/C89H120BClN6O3/c1-6-9-12-15-18-21-24-27-30-33-36-39-42-48-69-51-45-54-72(63-69)98-75-57-60-78-81(66-75)85-92-84(78)94-89-83-68-77(100-74-56-47-53-71(65-74)50-44-41-38-35-32-29-26-23-20-17-14-11-8-3)59-62-80(83)88(97(89)90(4)91)95-87-82-67-76(58-61-79(82)86(93-85)96(87)5)99-73-55-46-52-70(64-73)49-43-40-37-34-31-28-25-22-19-16-13-10-7-2/h45-47,51-68H,6-44,48-50H2,1-5H3. The fraction of sp³-hybridized carbons (Fsp3) is 0.528. The van der Waals surface area contributed by atoms with E-state index in [-0.39, 0.29) is 0 Å². The van der Waals surface area contributed by atoms with Crippen molar-refractivity contribution < 1.29 is 14.2 Å². The number of fused-ring (bicyclic) bond motifs is 15. The lowest BCUT2D eigenvalue weighted by molar-refractivity contribution is 0.481. The van der Waals surface area contributed by atoms with Crippen LogP contribution in [0.2, 0.25) is 6.82 Å². The molecule has 0 atom stereocenters. The molecule has 0 saturated heterocycles. The first-order valence-electron chi connectivity index (χ1n) is 40.3. The summed E-state index contributed by atoms with van der Waals surface area (Å²) in [5.41, 5.74) is 8.29. The first-order valence-corrected chi connectivity index (χ1v) is 40.7. The Hall–Kier alpha value is -6.91. The highest BCUT2D eigenvalue weighted by Crippen LogP contribution is 2.41. The second-order valence-electron chi connectivity index (χ2n) is 29.2. The van der Waals surface area contributed by atoms with E-state index in [9.17, 15) is 0 Å². The van der Waals surface area contributed by atoms with Crippen molar-refractivity contribution in [3.63, 3.8) is 0 Å². The Balaban J connectivity index is 0.894. The molecule has 1 aliphatic rings. The maximum absolute atomic E-state index is 7.42. The Labute approximate surface area is 607 Å². The molecule has 6 bridgehead atoms. The van der Waals surface area contributed by atoms with Crippen molar-refractivity contribution in [2.45, 2.75) is 297 Å². The van der Waals surface area contributed by atoms with Crippen molar-refractivity contribution in [3.8, 4) is 57.3 Å². The average molecular weight is 1370 g/mol. The van der Waals surface area contributed by atoms with E-state index in [1.54, 1.807) is 0 Å². The highest BCUT2D eigenvalue weighted by molar-refractivity contribution is 7.05. The van der Waals surface area contributed by atoms with Gasteiger partial charge in [-0.3, -0.25) is 0 Å². The second-order valence-corrected chi connectivity index (χ2v) is 29.9. The van der Waals surface area contributed by atoms with Crippen LogP contribution in [0.1, 0.15) is 288 Å². The van der Waals surface area contributed by atoms with Crippen LogP contribution in [0.5, 0.6) is 34.5 Å². The van der Waals surface area contributed by atoms with E-state index in [0.717, 1.165) is 74.9 Å². The van der Waals surface area contributed by atoms with Crippen molar-refractivity contribution in [3.05, 3.63) is 144 Å². The van der Waals surface area contributed by atoms with Crippen molar-refractivity contribution >= 4 is 61.9 Å². The van der Waals surface area contributed by atoms with Crippen LogP contribution >= 0.6 is 11.5 Å². The zero-order chi connectivity index (χ0) is 69.4. The molecule has 0 unspecified atom stereocenters. The fourth-order valence-electron chi connectivity index (χ4n) is 15.0. The molecule has 9 aromatic rings. The molecule has 534 valence electrons. The molecule has 10 rings (SSSR count). The molecule has 0 N–H and O–H groups in total. The summed E-state index contributed by atoms with van der Waals surface area (Å²) in [6, 6.07) is 44.5. The van der Waals surface area contributed by atoms with Gasteiger partial charge in [-0.05, 0) is 153 Å². The maximum atomic E-state index is 7.42. The predicted octanol–water partition coefficient (Wildman–Crippen LogP) is 28.3. The van der Waals surface area contributed by atoms with Crippen molar-refractivity contribution in [1.29, 1.82) is 0 Å². The van der Waals surface area contributed by atoms with Gasteiger partial charge in [0.2, 0.25) is 0 Å². The van der Waals surface area contributed by atoms with E-state index in [0.29, 0.717) is 45.7 Å². The van der Waals surface area contributed by atoms with Gasteiger partial charge in [-0.25, -0.2) is 19.9 Å². The first kappa shape index (κ1) is 75.8. The van der Waals surface area contributed by atoms with Crippen molar-refractivity contribution in [2.24, 2.45) is 7.05 Å². The van der Waals surface area contributed by atoms with E-state index in [1.807, 2.05) is 36.5 Å². The normalized spacial score (nSPS) is 11.8. The molecule has 0 radical (unpaired) electrons. The van der Waals surface area contributed by atoms with Gasteiger partial charge in [0, 0.05) is 39.7 Å². The molecule has 0 aliphatic carbocycles. The molecular formula is C89H120BClN6O3. The van der Waals surface area contributed by atoms with Crippen molar-refractivity contribution in [1.82, 2.24) is 29.0 Å². The number of aryl methyl sites for hydroxylation is 4. The Morgan fingerprint density at radius 1 is 0.300 bits per heavy atom. The van der Waals surface area contributed by atoms with Gasteiger partial charge >= 0.3 is 6.26 Å². The Morgan fingerprint density at radius 2 is 0.600 bits per heavy atom. The summed E-state index contributed by atoms with van der Waals surface area (Å²) in [7, 11) is 2.04. The van der Waals surface area contributed by atoms with E-state index >= 15 is 0 Å². The lowest BCUT2D eigenvalue weighted by Gasteiger charge is -2.10. The van der Waals surface area contributed by atoms with Crippen molar-refractivity contribution in [2.75, 3.05) is 0 Å². The molecule has 0 saturated carbocycles. The van der Waals surface area contributed by atoms with Gasteiger partial charge in [0.1, 0.15) is 57.1 Å². The van der Waals surface area contributed by atoms with Crippen LogP contribution in [0.15, 0.2) is 127 Å². The van der Waals surface area contributed by atoms with Gasteiger partial charge in [-0.1, -0.05) is 288 Å². The summed E-state index contributed by atoms with van der Waals surface area (Å²) in [4.78, 5) is 22.0. The third kappa shape index (κ3) is 23.1. The molecule has 0 amide bonds. The minimum atomic E-state index is -0.554. The van der Waals surface area contributed by atoms with Gasteiger partial charge in [0.25, 0.3) is 0 Å². The molecule has 1 aliphatic heterocycles. The van der Waals surface area contributed by atoms with Gasteiger partial charge in [0.15, 0.2) is 11.6 Å². The summed E-state index contributed by atoms with van der Waals surface area (Å²) in [5, 5.41) is 3.54. The number of ether oxygens (including phenoxy) is 3. The largest absolute Gasteiger partial charge is 0.457 e. The monoisotopic (exact) mass is 1370 g/mol. The number of nitrogens with zero attached hydrogens (tertiary/aromatic N) is 6. The number of benzene rings is 6. The number of hydrogen-bond donors (Lipinski definition) is 0.